The lowest BCUT2D eigenvalue weighted by molar-refractivity contribution is 0.303. The van der Waals surface area contributed by atoms with Crippen molar-refractivity contribution < 1.29 is 13.5 Å². The van der Waals surface area contributed by atoms with E-state index in [9.17, 15) is 8.78 Å². The number of hydrogen-bond acceptors (Lipinski definition) is 1. The minimum atomic E-state index is -0.469. The summed E-state index contributed by atoms with van der Waals surface area (Å²) in [4.78, 5) is 0. The van der Waals surface area contributed by atoms with Crippen LogP contribution < -0.4 is 4.74 Å². The van der Waals surface area contributed by atoms with E-state index in [1.54, 1.807) is 6.07 Å². The van der Waals surface area contributed by atoms with Crippen molar-refractivity contribution >= 4 is 27.5 Å². The Kier molecular flexibility index (Phi) is 4.19. The summed E-state index contributed by atoms with van der Waals surface area (Å²) in [7, 11) is 0. The molecule has 0 saturated carbocycles. The Balaban J connectivity index is 2.09. The number of benzene rings is 2. The molecule has 0 aliphatic heterocycles. The van der Waals surface area contributed by atoms with Crippen molar-refractivity contribution in [2.45, 2.75) is 6.61 Å². The molecule has 0 spiro atoms. The lowest BCUT2D eigenvalue weighted by Crippen LogP contribution is -1.96. The topological polar surface area (TPSA) is 9.23 Å². The van der Waals surface area contributed by atoms with Crippen molar-refractivity contribution in [2.75, 3.05) is 0 Å². The summed E-state index contributed by atoms with van der Waals surface area (Å²) in [6.45, 7) is 0.226. The van der Waals surface area contributed by atoms with E-state index in [1.165, 1.54) is 30.3 Å². The van der Waals surface area contributed by atoms with E-state index in [2.05, 4.69) is 15.9 Å². The highest BCUT2D eigenvalue weighted by atomic mass is 79.9. The highest BCUT2D eigenvalue weighted by molar-refractivity contribution is 9.10. The molecule has 5 heteroatoms. The molecule has 0 amide bonds. The molecule has 0 heterocycles. The van der Waals surface area contributed by atoms with Crippen LogP contribution in [0.5, 0.6) is 5.75 Å². The van der Waals surface area contributed by atoms with Gasteiger partial charge in [0, 0.05) is 0 Å². The molecule has 2 aromatic carbocycles. The van der Waals surface area contributed by atoms with Gasteiger partial charge in [-0.2, -0.15) is 0 Å². The fourth-order valence-electron chi connectivity index (χ4n) is 1.38. The molecule has 0 aliphatic carbocycles. The van der Waals surface area contributed by atoms with Crippen LogP contribution >= 0.6 is 27.5 Å². The van der Waals surface area contributed by atoms with Crippen molar-refractivity contribution in [2.24, 2.45) is 0 Å². The third-order valence-electron chi connectivity index (χ3n) is 2.27. The molecule has 94 valence electrons. The maximum Gasteiger partial charge on any atom is 0.141 e. The Morgan fingerprint density at radius 3 is 2.56 bits per heavy atom. The van der Waals surface area contributed by atoms with Gasteiger partial charge in [0.1, 0.15) is 24.0 Å². The minimum Gasteiger partial charge on any atom is -0.488 e. The number of halogens is 4. The van der Waals surface area contributed by atoms with E-state index < -0.39 is 5.82 Å². The van der Waals surface area contributed by atoms with Gasteiger partial charge in [-0.15, -0.1) is 0 Å². The van der Waals surface area contributed by atoms with E-state index in [1.807, 2.05) is 0 Å². The van der Waals surface area contributed by atoms with E-state index in [-0.39, 0.29) is 17.4 Å². The van der Waals surface area contributed by atoms with Crippen LogP contribution in [0.2, 0.25) is 5.02 Å². The molecule has 18 heavy (non-hydrogen) atoms. The minimum absolute atomic E-state index is 0.0503. The first-order chi connectivity index (χ1) is 8.56. The van der Waals surface area contributed by atoms with Crippen LogP contribution in [0, 0.1) is 11.6 Å². The first kappa shape index (κ1) is 13.3. The molecular weight excluding hydrogens is 325 g/mol. The smallest absolute Gasteiger partial charge is 0.141 e. The zero-order chi connectivity index (χ0) is 13.1. The van der Waals surface area contributed by atoms with Crippen molar-refractivity contribution in [3.63, 3.8) is 0 Å². The fraction of sp³-hybridized carbons (Fsp3) is 0.0769. The fourth-order valence-corrected chi connectivity index (χ4v) is 2.05. The van der Waals surface area contributed by atoms with Crippen LogP contribution in [0.15, 0.2) is 40.9 Å². The molecule has 0 radical (unpaired) electrons. The van der Waals surface area contributed by atoms with Crippen molar-refractivity contribution in [3.8, 4) is 5.75 Å². The van der Waals surface area contributed by atoms with Gasteiger partial charge in [0.15, 0.2) is 0 Å². The van der Waals surface area contributed by atoms with Crippen molar-refractivity contribution in [1.29, 1.82) is 0 Å². The second kappa shape index (κ2) is 5.67. The van der Waals surface area contributed by atoms with Crippen LogP contribution in [0.25, 0.3) is 0 Å². The number of rotatable bonds is 3. The third-order valence-corrected chi connectivity index (χ3v) is 3.18. The maximum absolute atomic E-state index is 12.9. The zero-order valence-electron chi connectivity index (χ0n) is 9.09. The lowest BCUT2D eigenvalue weighted by atomic mass is 10.2. The SMILES string of the molecule is Fc1ccc(OCc2ccc(F)c(Cl)c2)c(Br)c1. The summed E-state index contributed by atoms with van der Waals surface area (Å²) in [6.07, 6.45) is 0. The Morgan fingerprint density at radius 1 is 1.11 bits per heavy atom. The highest BCUT2D eigenvalue weighted by Gasteiger charge is 2.05. The monoisotopic (exact) mass is 332 g/mol. The molecule has 0 aromatic heterocycles. The second-order valence-corrected chi connectivity index (χ2v) is 4.87. The van der Waals surface area contributed by atoms with Gasteiger partial charge in [0.05, 0.1) is 9.50 Å². The molecule has 0 fully saturated rings. The van der Waals surface area contributed by atoms with Gasteiger partial charge in [-0.05, 0) is 51.8 Å². The standard InChI is InChI=1S/C13H8BrClF2O/c14-10-6-9(16)2-4-13(10)18-7-8-1-3-12(17)11(15)5-8/h1-6H,7H2. The Morgan fingerprint density at radius 2 is 1.89 bits per heavy atom. The molecule has 1 nitrogen and oxygen atoms in total. The van der Waals surface area contributed by atoms with Gasteiger partial charge in [-0.3, -0.25) is 0 Å². The Bertz CT molecular complexity index is 575. The summed E-state index contributed by atoms with van der Waals surface area (Å²) in [5.41, 5.74) is 0.734. The van der Waals surface area contributed by atoms with Gasteiger partial charge in [0.2, 0.25) is 0 Å². The average Bonchev–Trinajstić information content (AvgIpc) is 2.32. The van der Waals surface area contributed by atoms with Crippen LogP contribution in [0.1, 0.15) is 5.56 Å². The van der Waals surface area contributed by atoms with E-state index in [4.69, 9.17) is 16.3 Å². The maximum atomic E-state index is 12.9. The van der Waals surface area contributed by atoms with Gasteiger partial charge in [-0.25, -0.2) is 8.78 Å². The van der Waals surface area contributed by atoms with E-state index in [0.29, 0.717) is 10.2 Å². The summed E-state index contributed by atoms with van der Waals surface area (Å²) in [5.74, 6) is -0.306. The van der Waals surface area contributed by atoms with Gasteiger partial charge in [-0.1, -0.05) is 17.7 Å². The molecule has 0 unspecified atom stereocenters. The Hall–Kier alpha value is -1.13. The lowest BCUT2D eigenvalue weighted by Gasteiger charge is -2.08. The molecule has 2 rings (SSSR count). The van der Waals surface area contributed by atoms with Gasteiger partial charge < -0.3 is 4.74 Å². The number of hydrogen-bond donors (Lipinski definition) is 0. The molecule has 0 N–H and O–H groups in total. The predicted molar refractivity (Wildman–Crippen MR) is 69.8 cm³/mol. The molecule has 0 saturated heterocycles. The zero-order valence-corrected chi connectivity index (χ0v) is 11.4. The normalized spacial score (nSPS) is 10.4. The first-order valence-corrected chi connectivity index (χ1v) is 6.25. The highest BCUT2D eigenvalue weighted by Crippen LogP contribution is 2.26. The summed E-state index contributed by atoms with van der Waals surface area (Å²) >= 11 is 8.85. The number of ether oxygens (including phenoxy) is 1. The summed E-state index contributed by atoms with van der Waals surface area (Å²) in [6, 6.07) is 8.49. The van der Waals surface area contributed by atoms with Gasteiger partial charge in [0.25, 0.3) is 0 Å². The van der Waals surface area contributed by atoms with Crippen LogP contribution in [0.4, 0.5) is 8.78 Å². The van der Waals surface area contributed by atoms with Crippen LogP contribution in [-0.4, -0.2) is 0 Å². The molecule has 0 bridgehead atoms. The summed E-state index contributed by atoms with van der Waals surface area (Å²) in [5, 5.41) is 0.0503. The predicted octanol–water partition coefficient (Wildman–Crippen LogP) is 4.96. The molecule has 2 aromatic rings. The quantitative estimate of drug-likeness (QED) is 0.771. The molecule has 0 aliphatic rings. The van der Waals surface area contributed by atoms with E-state index in [0.717, 1.165) is 5.56 Å². The molecule has 0 atom stereocenters. The largest absolute Gasteiger partial charge is 0.488 e. The summed E-state index contributed by atoms with van der Waals surface area (Å²) < 4.78 is 31.8. The molecular formula is C13H8BrClF2O. The third kappa shape index (κ3) is 3.21. The van der Waals surface area contributed by atoms with Crippen molar-refractivity contribution in [3.05, 3.63) is 63.1 Å². The van der Waals surface area contributed by atoms with Crippen LogP contribution in [-0.2, 0) is 6.61 Å². The first-order valence-electron chi connectivity index (χ1n) is 5.08. The Labute approximate surface area is 116 Å². The van der Waals surface area contributed by atoms with Gasteiger partial charge >= 0.3 is 0 Å². The van der Waals surface area contributed by atoms with E-state index >= 15 is 0 Å². The van der Waals surface area contributed by atoms with Crippen molar-refractivity contribution in [1.82, 2.24) is 0 Å². The van der Waals surface area contributed by atoms with Crippen LogP contribution in [0.3, 0.4) is 0 Å². The second-order valence-electron chi connectivity index (χ2n) is 3.61. The average molecular weight is 334 g/mol.